The van der Waals surface area contributed by atoms with E-state index < -0.39 is 0 Å². The average Bonchev–Trinajstić information content (AvgIpc) is 2.76. The first-order valence-corrected chi connectivity index (χ1v) is 10.2. The van der Waals surface area contributed by atoms with E-state index in [1.165, 1.54) is 0 Å². The molecule has 0 saturated heterocycles. The van der Waals surface area contributed by atoms with Gasteiger partial charge in [-0.05, 0) is 55.3 Å². The molecule has 2 amide bonds. The number of nitrogens with zero attached hydrogens (tertiary/aromatic N) is 1. The molecule has 0 unspecified atom stereocenters. The van der Waals surface area contributed by atoms with Crippen molar-refractivity contribution in [2.75, 3.05) is 0 Å². The standard InChI is InChI=1S/C24H24ClN3O2/c1-17(27-24(30)19-7-3-2-4-8-19)15-23(29)28-22(21-9-5-6-14-26-21)16-18-10-12-20(25)13-11-18/h2-14,17,22H,15-16H2,1H3,(H,27,30)(H,28,29)/t17-,22-/m1/s1. The third-order valence-corrected chi connectivity index (χ3v) is 4.89. The number of halogens is 1. The summed E-state index contributed by atoms with van der Waals surface area (Å²) in [4.78, 5) is 29.4. The maximum Gasteiger partial charge on any atom is 0.251 e. The molecule has 1 aromatic heterocycles. The lowest BCUT2D eigenvalue weighted by molar-refractivity contribution is -0.122. The lowest BCUT2D eigenvalue weighted by Crippen LogP contribution is -2.38. The first kappa shape index (κ1) is 21.5. The molecule has 2 N–H and O–H groups in total. The molecule has 6 heteroatoms. The van der Waals surface area contributed by atoms with E-state index >= 15 is 0 Å². The van der Waals surface area contributed by atoms with Crippen molar-refractivity contribution >= 4 is 23.4 Å². The second-order valence-electron chi connectivity index (χ2n) is 7.15. The number of amides is 2. The molecule has 3 rings (SSSR count). The minimum Gasteiger partial charge on any atom is -0.349 e. The van der Waals surface area contributed by atoms with Crippen LogP contribution in [0.1, 0.15) is 41.0 Å². The fourth-order valence-corrected chi connectivity index (χ4v) is 3.27. The third kappa shape index (κ3) is 6.42. The van der Waals surface area contributed by atoms with Gasteiger partial charge in [-0.25, -0.2) is 0 Å². The Morgan fingerprint density at radius 2 is 1.63 bits per heavy atom. The Bertz CT molecular complexity index is 963. The van der Waals surface area contributed by atoms with Gasteiger partial charge < -0.3 is 10.6 Å². The topological polar surface area (TPSA) is 71.1 Å². The predicted molar refractivity (Wildman–Crippen MR) is 118 cm³/mol. The second-order valence-corrected chi connectivity index (χ2v) is 7.59. The van der Waals surface area contributed by atoms with Gasteiger partial charge in [0, 0.05) is 29.2 Å². The maximum absolute atomic E-state index is 12.7. The van der Waals surface area contributed by atoms with E-state index in [0.717, 1.165) is 11.3 Å². The molecule has 2 atom stereocenters. The van der Waals surface area contributed by atoms with Crippen LogP contribution in [0.3, 0.4) is 0 Å². The summed E-state index contributed by atoms with van der Waals surface area (Å²) < 4.78 is 0. The molecule has 5 nitrogen and oxygen atoms in total. The van der Waals surface area contributed by atoms with Crippen molar-refractivity contribution in [1.29, 1.82) is 0 Å². The van der Waals surface area contributed by atoms with Crippen LogP contribution in [-0.4, -0.2) is 22.8 Å². The minimum atomic E-state index is -0.308. The Balaban J connectivity index is 1.62. The highest BCUT2D eigenvalue weighted by Gasteiger charge is 2.19. The third-order valence-electron chi connectivity index (χ3n) is 4.64. The molecule has 0 aliphatic heterocycles. The van der Waals surface area contributed by atoms with E-state index in [9.17, 15) is 9.59 Å². The molecule has 0 fully saturated rings. The zero-order valence-electron chi connectivity index (χ0n) is 16.7. The van der Waals surface area contributed by atoms with Gasteiger partial charge in [0.05, 0.1) is 11.7 Å². The van der Waals surface area contributed by atoms with Gasteiger partial charge in [0.15, 0.2) is 0 Å². The maximum atomic E-state index is 12.7. The van der Waals surface area contributed by atoms with Crippen LogP contribution in [0.5, 0.6) is 0 Å². The smallest absolute Gasteiger partial charge is 0.251 e. The van der Waals surface area contributed by atoms with Crippen LogP contribution >= 0.6 is 11.6 Å². The van der Waals surface area contributed by atoms with Crippen molar-refractivity contribution in [2.24, 2.45) is 0 Å². The first-order valence-electron chi connectivity index (χ1n) is 9.82. The second kappa shape index (κ2) is 10.6. The summed E-state index contributed by atoms with van der Waals surface area (Å²) in [6, 6.07) is 21.5. The summed E-state index contributed by atoms with van der Waals surface area (Å²) in [6.07, 6.45) is 2.46. The number of nitrogens with one attached hydrogen (secondary N) is 2. The minimum absolute atomic E-state index is 0.152. The fourth-order valence-electron chi connectivity index (χ4n) is 3.15. The number of aromatic nitrogens is 1. The molecule has 30 heavy (non-hydrogen) atoms. The van der Waals surface area contributed by atoms with Crippen LogP contribution in [-0.2, 0) is 11.2 Å². The Labute approximate surface area is 181 Å². The van der Waals surface area contributed by atoms with Crippen LogP contribution in [0.2, 0.25) is 5.02 Å². The van der Waals surface area contributed by atoms with Crippen LogP contribution < -0.4 is 10.6 Å². The van der Waals surface area contributed by atoms with E-state index in [0.29, 0.717) is 17.0 Å². The number of hydrogen-bond donors (Lipinski definition) is 2. The number of carbonyl (C=O) groups excluding carboxylic acids is 2. The highest BCUT2D eigenvalue weighted by molar-refractivity contribution is 6.30. The molecule has 0 radical (unpaired) electrons. The number of pyridine rings is 1. The summed E-state index contributed by atoms with van der Waals surface area (Å²) in [6.45, 7) is 1.81. The Morgan fingerprint density at radius 1 is 0.933 bits per heavy atom. The summed E-state index contributed by atoms with van der Waals surface area (Å²) in [5.41, 5.74) is 2.39. The highest BCUT2D eigenvalue weighted by Crippen LogP contribution is 2.19. The normalized spacial score (nSPS) is 12.6. The molecule has 0 aliphatic rings. The Kier molecular flexibility index (Phi) is 7.57. The molecule has 154 valence electrons. The molecular weight excluding hydrogens is 398 g/mol. The van der Waals surface area contributed by atoms with Gasteiger partial charge >= 0.3 is 0 Å². The van der Waals surface area contributed by atoms with Crippen molar-refractivity contribution < 1.29 is 9.59 Å². The first-order chi connectivity index (χ1) is 14.5. The van der Waals surface area contributed by atoms with E-state index in [1.54, 1.807) is 30.5 Å². The molecule has 0 spiro atoms. The summed E-state index contributed by atoms with van der Waals surface area (Å²) in [5.74, 6) is -0.348. The van der Waals surface area contributed by atoms with Crippen molar-refractivity contribution in [1.82, 2.24) is 15.6 Å². The van der Waals surface area contributed by atoms with Gasteiger partial charge in [-0.3, -0.25) is 14.6 Å². The highest BCUT2D eigenvalue weighted by atomic mass is 35.5. The van der Waals surface area contributed by atoms with Crippen molar-refractivity contribution in [3.05, 3.63) is 101 Å². The van der Waals surface area contributed by atoms with Crippen LogP contribution in [0, 0.1) is 0 Å². The molecule has 3 aromatic rings. The molecule has 1 heterocycles. The number of rotatable bonds is 8. The molecule has 0 saturated carbocycles. The van der Waals surface area contributed by atoms with Gasteiger partial charge in [-0.15, -0.1) is 0 Å². The van der Waals surface area contributed by atoms with E-state index in [-0.39, 0.29) is 30.3 Å². The number of hydrogen-bond acceptors (Lipinski definition) is 3. The van der Waals surface area contributed by atoms with Crippen LogP contribution in [0.25, 0.3) is 0 Å². The van der Waals surface area contributed by atoms with E-state index in [2.05, 4.69) is 15.6 Å². The van der Waals surface area contributed by atoms with Gasteiger partial charge in [0.2, 0.25) is 5.91 Å². The zero-order chi connectivity index (χ0) is 21.3. The summed E-state index contributed by atoms with van der Waals surface area (Å²) in [5, 5.41) is 6.59. The molecular formula is C24H24ClN3O2. The van der Waals surface area contributed by atoms with E-state index in [1.807, 2.05) is 55.5 Å². The quantitative estimate of drug-likeness (QED) is 0.568. The zero-order valence-corrected chi connectivity index (χ0v) is 17.5. The summed E-state index contributed by atoms with van der Waals surface area (Å²) >= 11 is 5.98. The molecule has 2 aromatic carbocycles. The van der Waals surface area contributed by atoms with Gasteiger partial charge in [0.1, 0.15) is 0 Å². The summed E-state index contributed by atoms with van der Waals surface area (Å²) in [7, 11) is 0. The van der Waals surface area contributed by atoms with Crippen LogP contribution in [0.4, 0.5) is 0 Å². The van der Waals surface area contributed by atoms with Gasteiger partial charge in [-0.2, -0.15) is 0 Å². The predicted octanol–water partition coefficient (Wildman–Crippen LogP) is 4.34. The van der Waals surface area contributed by atoms with Crippen LogP contribution in [0.15, 0.2) is 79.0 Å². The lowest BCUT2D eigenvalue weighted by Gasteiger charge is -2.20. The Morgan fingerprint density at radius 3 is 2.30 bits per heavy atom. The fraction of sp³-hybridized carbons (Fsp3) is 0.208. The van der Waals surface area contributed by atoms with Crippen molar-refractivity contribution in [3.63, 3.8) is 0 Å². The van der Waals surface area contributed by atoms with Crippen molar-refractivity contribution in [3.8, 4) is 0 Å². The van der Waals surface area contributed by atoms with Gasteiger partial charge in [-0.1, -0.05) is 48.0 Å². The SMILES string of the molecule is C[C@H](CC(=O)N[C@H](Cc1ccc(Cl)cc1)c1ccccn1)NC(=O)c1ccccc1. The lowest BCUT2D eigenvalue weighted by atomic mass is 10.0. The van der Waals surface area contributed by atoms with Crippen molar-refractivity contribution in [2.45, 2.75) is 31.8 Å². The van der Waals surface area contributed by atoms with Gasteiger partial charge in [0.25, 0.3) is 5.91 Å². The molecule has 0 aliphatic carbocycles. The largest absolute Gasteiger partial charge is 0.349 e. The Hall–Kier alpha value is -3.18. The average molecular weight is 422 g/mol. The number of carbonyl (C=O) groups is 2. The monoisotopic (exact) mass is 421 g/mol. The van der Waals surface area contributed by atoms with E-state index in [4.69, 9.17) is 11.6 Å². The molecule has 0 bridgehead atoms. The number of benzene rings is 2.